The summed E-state index contributed by atoms with van der Waals surface area (Å²) >= 11 is 0. The van der Waals surface area contributed by atoms with Gasteiger partial charge in [-0.1, -0.05) is 0 Å². The SMILES string of the molecule is Cc1cc2nc(C(=O)NCCN(C)C)c(=O)n(CCC(O)CCN)c2cc1C. The van der Waals surface area contributed by atoms with Crippen LogP contribution >= 0.6 is 0 Å². The number of nitrogens with zero attached hydrogens (tertiary/aromatic N) is 3. The van der Waals surface area contributed by atoms with Crippen LogP contribution in [0.15, 0.2) is 16.9 Å². The fourth-order valence-electron chi connectivity index (χ4n) is 2.96. The van der Waals surface area contributed by atoms with Crippen molar-refractivity contribution in [1.29, 1.82) is 0 Å². The van der Waals surface area contributed by atoms with Gasteiger partial charge in [0.2, 0.25) is 0 Å². The number of fused-ring (bicyclic) bond motifs is 1. The molecule has 1 unspecified atom stereocenters. The number of aliphatic hydroxyl groups excluding tert-OH is 1. The van der Waals surface area contributed by atoms with Crippen LogP contribution < -0.4 is 16.6 Å². The minimum atomic E-state index is -0.593. The maximum Gasteiger partial charge on any atom is 0.282 e. The molecule has 1 heterocycles. The molecule has 0 aliphatic carbocycles. The molecule has 2 rings (SSSR count). The average molecular weight is 390 g/mol. The van der Waals surface area contributed by atoms with E-state index in [9.17, 15) is 14.7 Å². The van der Waals surface area contributed by atoms with Crippen LogP contribution in [0.3, 0.4) is 0 Å². The van der Waals surface area contributed by atoms with Gasteiger partial charge in [-0.15, -0.1) is 0 Å². The van der Waals surface area contributed by atoms with Gasteiger partial charge in [-0.2, -0.15) is 0 Å². The zero-order chi connectivity index (χ0) is 20.8. The number of nitrogens with one attached hydrogen (secondary N) is 1. The number of carbonyl (C=O) groups is 1. The number of nitrogens with two attached hydrogens (primary N) is 1. The molecule has 0 spiro atoms. The number of aromatic nitrogens is 2. The molecule has 1 atom stereocenters. The first-order valence-corrected chi connectivity index (χ1v) is 9.57. The molecule has 0 saturated carbocycles. The van der Waals surface area contributed by atoms with Crippen molar-refractivity contribution in [2.45, 2.75) is 39.3 Å². The lowest BCUT2D eigenvalue weighted by Crippen LogP contribution is -2.37. The molecular formula is C20H31N5O3. The van der Waals surface area contributed by atoms with Gasteiger partial charge in [0.05, 0.1) is 17.1 Å². The Balaban J connectivity index is 2.45. The van der Waals surface area contributed by atoms with Gasteiger partial charge in [-0.25, -0.2) is 4.98 Å². The predicted octanol–water partition coefficient (Wildman–Crippen LogP) is 0.405. The van der Waals surface area contributed by atoms with E-state index in [0.717, 1.165) is 11.1 Å². The van der Waals surface area contributed by atoms with E-state index in [-0.39, 0.29) is 5.69 Å². The summed E-state index contributed by atoms with van der Waals surface area (Å²) in [5.74, 6) is -0.483. The Bertz CT molecular complexity index is 892. The Morgan fingerprint density at radius 1 is 1.29 bits per heavy atom. The molecule has 8 heteroatoms. The molecule has 0 radical (unpaired) electrons. The third-order valence-corrected chi connectivity index (χ3v) is 4.81. The van der Waals surface area contributed by atoms with Gasteiger partial charge in [-0.05, 0) is 70.6 Å². The van der Waals surface area contributed by atoms with Crippen LogP contribution in [0.25, 0.3) is 11.0 Å². The summed E-state index contributed by atoms with van der Waals surface area (Å²) in [4.78, 5) is 31.9. The van der Waals surface area contributed by atoms with Crippen molar-refractivity contribution in [2.75, 3.05) is 33.7 Å². The van der Waals surface area contributed by atoms with Gasteiger partial charge in [0.1, 0.15) is 0 Å². The van der Waals surface area contributed by atoms with Crippen LogP contribution in [-0.4, -0.2) is 65.3 Å². The molecule has 0 aliphatic heterocycles. The van der Waals surface area contributed by atoms with E-state index in [1.807, 2.05) is 45.0 Å². The number of hydrogen-bond donors (Lipinski definition) is 3. The van der Waals surface area contributed by atoms with Crippen LogP contribution in [0.4, 0.5) is 0 Å². The molecule has 4 N–H and O–H groups in total. The number of carbonyl (C=O) groups excluding carboxylic acids is 1. The number of aliphatic hydroxyl groups is 1. The van der Waals surface area contributed by atoms with Crippen LogP contribution in [0.2, 0.25) is 0 Å². The zero-order valence-electron chi connectivity index (χ0n) is 17.2. The largest absolute Gasteiger partial charge is 0.393 e. The normalized spacial score (nSPS) is 12.5. The van der Waals surface area contributed by atoms with E-state index >= 15 is 0 Å². The van der Waals surface area contributed by atoms with E-state index in [0.29, 0.717) is 50.1 Å². The smallest absolute Gasteiger partial charge is 0.282 e. The van der Waals surface area contributed by atoms with E-state index in [2.05, 4.69) is 10.3 Å². The first kappa shape index (κ1) is 22.0. The molecule has 0 fully saturated rings. The minimum Gasteiger partial charge on any atom is -0.393 e. The maximum absolute atomic E-state index is 13.0. The summed E-state index contributed by atoms with van der Waals surface area (Å²) in [5.41, 5.74) is 8.25. The Labute approximate surface area is 165 Å². The number of amides is 1. The van der Waals surface area contributed by atoms with Gasteiger partial charge in [0.25, 0.3) is 11.5 Å². The number of aryl methyl sites for hydroxylation is 3. The van der Waals surface area contributed by atoms with Crippen molar-refractivity contribution >= 4 is 16.9 Å². The highest BCUT2D eigenvalue weighted by molar-refractivity contribution is 5.94. The first-order valence-electron chi connectivity index (χ1n) is 9.57. The Morgan fingerprint density at radius 2 is 1.96 bits per heavy atom. The zero-order valence-corrected chi connectivity index (χ0v) is 17.2. The van der Waals surface area contributed by atoms with E-state index in [4.69, 9.17) is 5.73 Å². The second kappa shape index (κ2) is 9.77. The van der Waals surface area contributed by atoms with Crippen LogP contribution in [-0.2, 0) is 6.54 Å². The molecule has 1 amide bonds. The van der Waals surface area contributed by atoms with E-state index < -0.39 is 17.6 Å². The standard InChI is InChI=1S/C20H31N5O3/c1-13-11-16-17(12-14(13)2)25(9-6-15(26)5-7-21)20(28)18(23-16)19(27)22-8-10-24(3)4/h11-12,15,26H,5-10,21H2,1-4H3,(H,22,27). The number of hydrogen-bond acceptors (Lipinski definition) is 6. The molecule has 1 aromatic carbocycles. The molecule has 154 valence electrons. The predicted molar refractivity (Wildman–Crippen MR) is 111 cm³/mol. The summed E-state index contributed by atoms with van der Waals surface area (Å²) in [7, 11) is 3.82. The molecule has 2 aromatic rings. The van der Waals surface area contributed by atoms with Crippen molar-refractivity contribution in [3.05, 3.63) is 39.3 Å². The maximum atomic E-state index is 13.0. The van der Waals surface area contributed by atoms with Gasteiger partial charge >= 0.3 is 0 Å². The second-order valence-electron chi connectivity index (χ2n) is 7.42. The van der Waals surface area contributed by atoms with Crippen molar-refractivity contribution in [2.24, 2.45) is 5.73 Å². The molecule has 0 aliphatic rings. The van der Waals surface area contributed by atoms with Crippen molar-refractivity contribution in [3.63, 3.8) is 0 Å². The van der Waals surface area contributed by atoms with Crippen molar-refractivity contribution in [3.8, 4) is 0 Å². The lowest BCUT2D eigenvalue weighted by Gasteiger charge is -2.16. The monoisotopic (exact) mass is 389 g/mol. The molecular weight excluding hydrogens is 358 g/mol. The summed E-state index contributed by atoms with van der Waals surface area (Å²) in [6.45, 7) is 5.69. The third-order valence-electron chi connectivity index (χ3n) is 4.81. The van der Waals surface area contributed by atoms with E-state index in [1.165, 1.54) is 4.57 Å². The fourth-order valence-corrected chi connectivity index (χ4v) is 2.96. The molecule has 1 aromatic heterocycles. The van der Waals surface area contributed by atoms with Crippen LogP contribution in [0, 0.1) is 13.8 Å². The summed E-state index contributed by atoms with van der Waals surface area (Å²) in [6, 6.07) is 3.79. The Morgan fingerprint density at radius 3 is 2.61 bits per heavy atom. The quantitative estimate of drug-likeness (QED) is 0.572. The van der Waals surface area contributed by atoms with Gasteiger partial charge in [-0.3, -0.25) is 9.59 Å². The molecule has 8 nitrogen and oxygen atoms in total. The second-order valence-corrected chi connectivity index (χ2v) is 7.42. The topological polar surface area (TPSA) is 113 Å². The lowest BCUT2D eigenvalue weighted by molar-refractivity contribution is 0.0944. The van der Waals surface area contributed by atoms with Crippen LogP contribution in [0.5, 0.6) is 0 Å². The fraction of sp³-hybridized carbons (Fsp3) is 0.550. The highest BCUT2D eigenvalue weighted by Gasteiger charge is 2.18. The first-order chi connectivity index (χ1) is 13.2. The van der Waals surface area contributed by atoms with Crippen molar-refractivity contribution in [1.82, 2.24) is 19.8 Å². The Hall–Kier alpha value is -2.29. The van der Waals surface area contributed by atoms with E-state index in [1.54, 1.807) is 0 Å². The minimum absolute atomic E-state index is 0.122. The van der Waals surface area contributed by atoms with Gasteiger partial charge in [0, 0.05) is 19.6 Å². The summed E-state index contributed by atoms with van der Waals surface area (Å²) in [5, 5.41) is 12.8. The number of likely N-dealkylation sites (N-methyl/N-ethyl adjacent to an activating group) is 1. The number of benzene rings is 1. The third kappa shape index (κ3) is 5.37. The lowest BCUT2D eigenvalue weighted by atomic mass is 10.1. The molecule has 0 bridgehead atoms. The van der Waals surface area contributed by atoms with Crippen LogP contribution in [0.1, 0.15) is 34.5 Å². The summed E-state index contributed by atoms with van der Waals surface area (Å²) in [6.07, 6.45) is 0.252. The number of rotatable bonds is 9. The Kier molecular flexibility index (Phi) is 7.68. The molecule has 0 saturated heterocycles. The highest BCUT2D eigenvalue weighted by Crippen LogP contribution is 2.18. The van der Waals surface area contributed by atoms with Crippen molar-refractivity contribution < 1.29 is 9.90 Å². The van der Waals surface area contributed by atoms with Gasteiger partial charge < -0.3 is 25.6 Å². The highest BCUT2D eigenvalue weighted by atomic mass is 16.3. The molecule has 28 heavy (non-hydrogen) atoms. The van der Waals surface area contributed by atoms with Gasteiger partial charge in [0.15, 0.2) is 5.69 Å². The summed E-state index contributed by atoms with van der Waals surface area (Å²) < 4.78 is 1.54. The average Bonchev–Trinajstić information content (AvgIpc) is 2.62.